The van der Waals surface area contributed by atoms with E-state index in [-0.39, 0.29) is 0 Å². The van der Waals surface area contributed by atoms with E-state index in [0.29, 0.717) is 0 Å². The lowest BCUT2D eigenvalue weighted by atomic mass is 10.4. The summed E-state index contributed by atoms with van der Waals surface area (Å²) in [4.78, 5) is 4.23. The van der Waals surface area contributed by atoms with Crippen molar-refractivity contribution < 1.29 is 0 Å². The zero-order valence-electron chi connectivity index (χ0n) is 10.7. The van der Waals surface area contributed by atoms with Crippen molar-refractivity contribution in [3.8, 4) is 0 Å². The van der Waals surface area contributed by atoms with Crippen molar-refractivity contribution in [3.05, 3.63) is 35.8 Å². The first-order valence-electron chi connectivity index (χ1n) is 5.68. The Balaban J connectivity index is 0.000000442. The topological polar surface area (TPSA) is 17.3 Å². The van der Waals surface area contributed by atoms with Crippen LogP contribution in [0.2, 0.25) is 0 Å². The average molecular weight is 206 g/mol. The molecule has 2 heterocycles. The van der Waals surface area contributed by atoms with Crippen LogP contribution in [-0.2, 0) is 0 Å². The molecule has 0 radical (unpaired) electrons. The van der Waals surface area contributed by atoms with Gasteiger partial charge in [0, 0.05) is 18.1 Å². The van der Waals surface area contributed by atoms with Crippen LogP contribution in [-0.4, -0.2) is 9.38 Å². The molecule has 84 valence electrons. The molecule has 0 aliphatic heterocycles. The SMILES string of the molecule is CC.CC.Cc1cc2nccc(C)n2c1. The molecule has 0 N–H and O–H groups in total. The molecule has 0 fully saturated rings. The second-order valence-electron chi connectivity index (χ2n) is 2.83. The minimum atomic E-state index is 1.03. The molecular weight excluding hydrogens is 184 g/mol. The third-order valence-corrected chi connectivity index (χ3v) is 1.84. The van der Waals surface area contributed by atoms with Gasteiger partial charge in [0.25, 0.3) is 0 Å². The second kappa shape index (κ2) is 7.04. The number of aromatic nitrogens is 2. The van der Waals surface area contributed by atoms with E-state index in [4.69, 9.17) is 0 Å². The first-order valence-corrected chi connectivity index (χ1v) is 5.68. The van der Waals surface area contributed by atoms with Gasteiger partial charge in [-0.15, -0.1) is 0 Å². The lowest BCUT2D eigenvalue weighted by Crippen LogP contribution is -1.89. The Bertz CT molecular complexity index is 388. The predicted molar refractivity (Wildman–Crippen MR) is 67.4 cm³/mol. The summed E-state index contributed by atoms with van der Waals surface area (Å²) < 4.78 is 2.09. The normalized spacial score (nSPS) is 8.67. The first-order chi connectivity index (χ1) is 7.27. The summed E-state index contributed by atoms with van der Waals surface area (Å²) in [5.41, 5.74) is 3.51. The number of hydrogen-bond acceptors (Lipinski definition) is 1. The van der Waals surface area contributed by atoms with Crippen LogP contribution in [0.25, 0.3) is 5.65 Å². The van der Waals surface area contributed by atoms with Gasteiger partial charge in [-0.05, 0) is 31.5 Å². The number of hydrogen-bond donors (Lipinski definition) is 0. The molecule has 2 heteroatoms. The van der Waals surface area contributed by atoms with Crippen LogP contribution in [0.5, 0.6) is 0 Å². The zero-order chi connectivity index (χ0) is 11.8. The molecule has 15 heavy (non-hydrogen) atoms. The maximum Gasteiger partial charge on any atom is 0.137 e. The number of fused-ring (bicyclic) bond motifs is 1. The standard InChI is InChI=1S/C9H10N2.2C2H6/c1-7-5-9-10-4-3-8(2)11(9)6-7;2*1-2/h3-6H,1-2H3;2*1-2H3. The molecule has 0 bridgehead atoms. The monoisotopic (exact) mass is 206 g/mol. The van der Waals surface area contributed by atoms with Crippen molar-refractivity contribution >= 4 is 5.65 Å². The van der Waals surface area contributed by atoms with E-state index in [1.54, 1.807) is 0 Å². The third-order valence-electron chi connectivity index (χ3n) is 1.84. The summed E-state index contributed by atoms with van der Waals surface area (Å²) in [6.07, 6.45) is 3.93. The highest BCUT2D eigenvalue weighted by molar-refractivity contribution is 5.43. The lowest BCUT2D eigenvalue weighted by Gasteiger charge is -1.96. The molecular formula is C13H22N2. The quantitative estimate of drug-likeness (QED) is 0.636. The molecule has 0 aromatic carbocycles. The largest absolute Gasteiger partial charge is 0.306 e. The Morgan fingerprint density at radius 3 is 2.20 bits per heavy atom. The summed E-state index contributed by atoms with van der Waals surface area (Å²) in [6, 6.07) is 4.08. The van der Waals surface area contributed by atoms with Crippen molar-refractivity contribution in [1.82, 2.24) is 9.38 Å². The molecule has 0 aliphatic rings. The van der Waals surface area contributed by atoms with Crippen LogP contribution in [0, 0.1) is 13.8 Å². The zero-order valence-corrected chi connectivity index (χ0v) is 10.7. The third kappa shape index (κ3) is 3.39. The van der Waals surface area contributed by atoms with Gasteiger partial charge >= 0.3 is 0 Å². The van der Waals surface area contributed by atoms with Gasteiger partial charge in [0.05, 0.1) is 0 Å². The van der Waals surface area contributed by atoms with Crippen LogP contribution in [0.15, 0.2) is 24.5 Å². The van der Waals surface area contributed by atoms with Crippen molar-refractivity contribution in [1.29, 1.82) is 0 Å². The summed E-state index contributed by atoms with van der Waals surface area (Å²) in [7, 11) is 0. The van der Waals surface area contributed by atoms with E-state index in [2.05, 4.69) is 35.5 Å². The maximum absolute atomic E-state index is 4.23. The van der Waals surface area contributed by atoms with Crippen LogP contribution < -0.4 is 0 Å². The maximum atomic E-state index is 4.23. The lowest BCUT2D eigenvalue weighted by molar-refractivity contribution is 1.05. The van der Waals surface area contributed by atoms with Gasteiger partial charge in [-0.2, -0.15) is 0 Å². The van der Waals surface area contributed by atoms with Crippen LogP contribution >= 0.6 is 0 Å². The average Bonchev–Trinajstić information content (AvgIpc) is 2.66. The van der Waals surface area contributed by atoms with E-state index < -0.39 is 0 Å². The second-order valence-corrected chi connectivity index (χ2v) is 2.83. The van der Waals surface area contributed by atoms with E-state index in [9.17, 15) is 0 Å². The van der Waals surface area contributed by atoms with Crippen molar-refractivity contribution in [2.45, 2.75) is 41.5 Å². The van der Waals surface area contributed by atoms with Crippen LogP contribution in [0.1, 0.15) is 39.0 Å². The summed E-state index contributed by atoms with van der Waals surface area (Å²) in [5, 5.41) is 0. The number of rotatable bonds is 0. The molecule has 2 aromatic rings. The summed E-state index contributed by atoms with van der Waals surface area (Å²) in [6.45, 7) is 12.2. The molecule has 0 atom stereocenters. The van der Waals surface area contributed by atoms with Crippen molar-refractivity contribution in [2.24, 2.45) is 0 Å². The van der Waals surface area contributed by atoms with Gasteiger partial charge < -0.3 is 4.40 Å². The highest BCUT2D eigenvalue weighted by atomic mass is 15.0. The Kier molecular flexibility index (Phi) is 6.43. The molecule has 2 nitrogen and oxygen atoms in total. The summed E-state index contributed by atoms with van der Waals surface area (Å²) >= 11 is 0. The molecule has 0 aliphatic carbocycles. The van der Waals surface area contributed by atoms with Gasteiger partial charge in [0.1, 0.15) is 5.65 Å². The highest BCUT2D eigenvalue weighted by Crippen LogP contribution is 2.08. The van der Waals surface area contributed by atoms with Gasteiger partial charge in [-0.1, -0.05) is 27.7 Å². The Morgan fingerprint density at radius 1 is 1.07 bits per heavy atom. The fourth-order valence-corrected chi connectivity index (χ4v) is 1.26. The Hall–Kier alpha value is -1.31. The van der Waals surface area contributed by atoms with E-state index in [0.717, 1.165) is 5.65 Å². The Morgan fingerprint density at radius 2 is 1.67 bits per heavy atom. The van der Waals surface area contributed by atoms with E-state index in [1.165, 1.54) is 11.3 Å². The first kappa shape index (κ1) is 13.7. The van der Waals surface area contributed by atoms with Crippen molar-refractivity contribution in [3.63, 3.8) is 0 Å². The summed E-state index contributed by atoms with van der Waals surface area (Å²) in [5.74, 6) is 0. The van der Waals surface area contributed by atoms with Gasteiger partial charge in [-0.25, -0.2) is 4.98 Å². The minimum absolute atomic E-state index is 1.03. The molecule has 2 aromatic heterocycles. The van der Waals surface area contributed by atoms with Gasteiger partial charge in [0.15, 0.2) is 0 Å². The number of aryl methyl sites for hydroxylation is 2. The molecule has 2 rings (SSSR count). The fourth-order valence-electron chi connectivity index (χ4n) is 1.26. The Labute approximate surface area is 93.0 Å². The minimum Gasteiger partial charge on any atom is -0.306 e. The van der Waals surface area contributed by atoms with Crippen molar-refractivity contribution in [2.75, 3.05) is 0 Å². The van der Waals surface area contributed by atoms with Gasteiger partial charge in [-0.3, -0.25) is 0 Å². The molecule has 0 saturated carbocycles. The molecule has 0 amide bonds. The van der Waals surface area contributed by atoms with Gasteiger partial charge in [0.2, 0.25) is 0 Å². The molecule has 0 spiro atoms. The smallest absolute Gasteiger partial charge is 0.137 e. The molecule has 0 unspecified atom stereocenters. The fraction of sp³-hybridized carbons (Fsp3) is 0.462. The highest BCUT2D eigenvalue weighted by Gasteiger charge is 1.96. The molecule has 0 saturated heterocycles. The van der Waals surface area contributed by atoms with E-state index >= 15 is 0 Å². The van der Waals surface area contributed by atoms with Crippen LogP contribution in [0.3, 0.4) is 0 Å². The number of nitrogens with zero attached hydrogens (tertiary/aromatic N) is 2. The predicted octanol–water partition coefficient (Wildman–Crippen LogP) is 4.00. The van der Waals surface area contributed by atoms with Crippen LogP contribution in [0.4, 0.5) is 0 Å². The van der Waals surface area contributed by atoms with E-state index in [1.807, 2.05) is 40.0 Å².